The largest absolute Gasteiger partial charge is 0.385 e. The molecule has 0 aromatic heterocycles. The molecule has 0 bridgehead atoms. The van der Waals surface area contributed by atoms with Gasteiger partial charge in [0, 0.05) is 39.9 Å². The molecule has 0 unspecified atom stereocenters. The van der Waals surface area contributed by atoms with E-state index < -0.39 is 10.0 Å². The van der Waals surface area contributed by atoms with E-state index in [1.165, 1.54) is 0 Å². The lowest BCUT2D eigenvalue weighted by atomic mass is 10.4. The average molecular weight is 422 g/mol. The van der Waals surface area contributed by atoms with E-state index in [0.29, 0.717) is 32.7 Å². The molecule has 0 saturated carbocycles. The van der Waals surface area contributed by atoms with Crippen LogP contribution in [0.2, 0.25) is 0 Å². The molecule has 0 rings (SSSR count). The average Bonchev–Trinajstić information content (AvgIpc) is 2.32. The Bertz CT molecular complexity index is 350. The molecule has 0 aliphatic carbocycles. The zero-order valence-corrected chi connectivity index (χ0v) is 15.6. The maximum atomic E-state index is 10.9. The highest BCUT2D eigenvalue weighted by Crippen LogP contribution is 1.84. The number of nitrogens with zero attached hydrogens (tertiary/aromatic N) is 1. The quantitative estimate of drug-likeness (QED) is 0.202. The SMILES string of the molecule is CCNC(=NCCCOC)NCCCNS(C)(=O)=O.I. The Hall–Kier alpha value is -0.130. The number of nitrogens with one attached hydrogen (secondary N) is 3. The van der Waals surface area contributed by atoms with Gasteiger partial charge in [-0.05, 0) is 19.8 Å². The normalized spacial score (nSPS) is 11.8. The van der Waals surface area contributed by atoms with Crippen LogP contribution in [-0.4, -0.2) is 60.5 Å². The Balaban J connectivity index is 0. The lowest BCUT2D eigenvalue weighted by Crippen LogP contribution is -2.38. The monoisotopic (exact) mass is 422 g/mol. The Labute approximate surface area is 139 Å². The first-order chi connectivity index (χ1) is 8.99. The molecule has 0 spiro atoms. The van der Waals surface area contributed by atoms with Crippen molar-refractivity contribution >= 4 is 40.0 Å². The Kier molecular flexibility index (Phi) is 15.3. The summed E-state index contributed by atoms with van der Waals surface area (Å²) in [6.45, 7) is 5.27. The minimum absolute atomic E-state index is 0. The van der Waals surface area contributed by atoms with E-state index in [0.717, 1.165) is 25.2 Å². The molecular formula is C11H27IN4O3S. The standard InChI is InChI=1S/C11H26N4O3S.HI/c1-4-12-11(14-8-6-10-18-2)13-7-5-9-15-19(3,16)17;/h15H,4-10H2,1-3H3,(H2,12,13,14);1H. The fraction of sp³-hybridized carbons (Fsp3) is 0.909. The fourth-order valence-corrected chi connectivity index (χ4v) is 1.81. The first-order valence-electron chi connectivity index (χ1n) is 6.45. The molecule has 9 heteroatoms. The third kappa shape index (κ3) is 15.9. The number of ether oxygens (including phenoxy) is 1. The van der Waals surface area contributed by atoms with Crippen LogP contribution >= 0.6 is 24.0 Å². The predicted molar refractivity (Wildman–Crippen MR) is 93.4 cm³/mol. The molecular weight excluding hydrogens is 395 g/mol. The molecule has 20 heavy (non-hydrogen) atoms. The molecule has 7 nitrogen and oxygen atoms in total. The van der Waals surface area contributed by atoms with Crippen molar-refractivity contribution in [3.05, 3.63) is 0 Å². The van der Waals surface area contributed by atoms with Crippen LogP contribution in [0.5, 0.6) is 0 Å². The lowest BCUT2D eigenvalue weighted by Gasteiger charge is -2.11. The van der Waals surface area contributed by atoms with Gasteiger partial charge in [-0.15, -0.1) is 24.0 Å². The van der Waals surface area contributed by atoms with Crippen molar-refractivity contribution in [1.29, 1.82) is 0 Å². The zero-order chi connectivity index (χ0) is 14.6. The van der Waals surface area contributed by atoms with Gasteiger partial charge in [0.25, 0.3) is 0 Å². The second kappa shape index (κ2) is 13.8. The number of methoxy groups -OCH3 is 1. The smallest absolute Gasteiger partial charge is 0.208 e. The van der Waals surface area contributed by atoms with Crippen LogP contribution in [-0.2, 0) is 14.8 Å². The van der Waals surface area contributed by atoms with E-state index in [1.54, 1.807) is 7.11 Å². The maximum absolute atomic E-state index is 10.9. The van der Waals surface area contributed by atoms with Crippen molar-refractivity contribution in [3.63, 3.8) is 0 Å². The summed E-state index contributed by atoms with van der Waals surface area (Å²) in [5.41, 5.74) is 0. The van der Waals surface area contributed by atoms with Crippen molar-refractivity contribution in [2.75, 3.05) is 46.2 Å². The van der Waals surface area contributed by atoms with Gasteiger partial charge >= 0.3 is 0 Å². The number of rotatable bonds is 10. The van der Waals surface area contributed by atoms with Crippen LogP contribution < -0.4 is 15.4 Å². The Morgan fingerprint density at radius 3 is 2.45 bits per heavy atom. The first kappa shape index (κ1) is 22.2. The zero-order valence-electron chi connectivity index (χ0n) is 12.4. The summed E-state index contributed by atoms with van der Waals surface area (Å²) in [7, 11) is -1.42. The second-order valence-corrected chi connectivity index (χ2v) is 5.89. The van der Waals surface area contributed by atoms with E-state index in [2.05, 4.69) is 20.3 Å². The van der Waals surface area contributed by atoms with Gasteiger partial charge in [0.15, 0.2) is 5.96 Å². The van der Waals surface area contributed by atoms with Crippen LogP contribution in [0.1, 0.15) is 19.8 Å². The molecule has 0 heterocycles. The van der Waals surface area contributed by atoms with E-state index in [9.17, 15) is 8.42 Å². The predicted octanol–water partition coefficient (Wildman–Crippen LogP) is 0.135. The van der Waals surface area contributed by atoms with Crippen molar-refractivity contribution in [2.45, 2.75) is 19.8 Å². The number of sulfonamides is 1. The fourth-order valence-electron chi connectivity index (χ4n) is 1.29. The number of hydrogen-bond donors (Lipinski definition) is 3. The van der Waals surface area contributed by atoms with Gasteiger partial charge < -0.3 is 15.4 Å². The third-order valence-electron chi connectivity index (χ3n) is 2.13. The van der Waals surface area contributed by atoms with E-state index in [4.69, 9.17) is 4.74 Å². The molecule has 0 radical (unpaired) electrons. The van der Waals surface area contributed by atoms with Crippen LogP contribution in [0.4, 0.5) is 0 Å². The molecule has 0 atom stereocenters. The van der Waals surface area contributed by atoms with Gasteiger partial charge in [0.05, 0.1) is 6.26 Å². The molecule has 3 N–H and O–H groups in total. The van der Waals surface area contributed by atoms with Crippen molar-refractivity contribution in [2.24, 2.45) is 4.99 Å². The molecule has 0 aromatic carbocycles. The van der Waals surface area contributed by atoms with Gasteiger partial charge in [-0.25, -0.2) is 13.1 Å². The third-order valence-corrected chi connectivity index (χ3v) is 2.86. The topological polar surface area (TPSA) is 91.8 Å². The molecule has 0 fully saturated rings. The lowest BCUT2D eigenvalue weighted by molar-refractivity contribution is 0.197. The molecule has 0 aliphatic heterocycles. The van der Waals surface area contributed by atoms with Crippen LogP contribution in [0.15, 0.2) is 4.99 Å². The summed E-state index contributed by atoms with van der Waals surface area (Å²) >= 11 is 0. The van der Waals surface area contributed by atoms with Crippen molar-refractivity contribution in [3.8, 4) is 0 Å². The highest BCUT2D eigenvalue weighted by Gasteiger charge is 2.00. The van der Waals surface area contributed by atoms with Crippen LogP contribution in [0.3, 0.4) is 0 Å². The van der Waals surface area contributed by atoms with Crippen molar-refractivity contribution < 1.29 is 13.2 Å². The summed E-state index contributed by atoms with van der Waals surface area (Å²) in [6, 6.07) is 0. The highest BCUT2D eigenvalue weighted by atomic mass is 127. The summed E-state index contributed by atoms with van der Waals surface area (Å²) in [5, 5.41) is 6.27. The Morgan fingerprint density at radius 1 is 1.20 bits per heavy atom. The summed E-state index contributed by atoms with van der Waals surface area (Å²) < 4.78 is 29.1. The second-order valence-electron chi connectivity index (χ2n) is 4.05. The van der Waals surface area contributed by atoms with Gasteiger partial charge in [0.2, 0.25) is 10.0 Å². The van der Waals surface area contributed by atoms with Crippen molar-refractivity contribution in [1.82, 2.24) is 15.4 Å². The molecule has 0 aromatic rings. The van der Waals surface area contributed by atoms with E-state index in [-0.39, 0.29) is 24.0 Å². The van der Waals surface area contributed by atoms with E-state index in [1.807, 2.05) is 6.92 Å². The highest BCUT2D eigenvalue weighted by molar-refractivity contribution is 14.0. The number of guanidine groups is 1. The Morgan fingerprint density at radius 2 is 1.90 bits per heavy atom. The summed E-state index contributed by atoms with van der Waals surface area (Å²) in [6.07, 6.45) is 2.74. The minimum Gasteiger partial charge on any atom is -0.385 e. The summed E-state index contributed by atoms with van der Waals surface area (Å²) in [4.78, 5) is 4.37. The molecule has 122 valence electrons. The molecule has 0 saturated heterocycles. The van der Waals surface area contributed by atoms with Gasteiger partial charge in [-0.2, -0.15) is 0 Å². The van der Waals surface area contributed by atoms with Crippen LogP contribution in [0.25, 0.3) is 0 Å². The molecule has 0 amide bonds. The molecule has 0 aliphatic rings. The maximum Gasteiger partial charge on any atom is 0.208 e. The summed E-state index contributed by atoms with van der Waals surface area (Å²) in [5.74, 6) is 0.748. The van der Waals surface area contributed by atoms with Gasteiger partial charge in [0.1, 0.15) is 0 Å². The van der Waals surface area contributed by atoms with Crippen LogP contribution in [0, 0.1) is 0 Å². The van der Waals surface area contributed by atoms with Gasteiger partial charge in [-0.3, -0.25) is 4.99 Å². The minimum atomic E-state index is -3.09. The number of halogens is 1. The van der Waals surface area contributed by atoms with Gasteiger partial charge in [-0.1, -0.05) is 0 Å². The number of hydrogen-bond acceptors (Lipinski definition) is 4. The number of aliphatic imine (C=N–C) groups is 1. The first-order valence-corrected chi connectivity index (χ1v) is 8.34. The van der Waals surface area contributed by atoms with E-state index >= 15 is 0 Å².